The average Bonchev–Trinajstić information content (AvgIpc) is 2.77. The number of carbonyl (C=O) groups excluding carboxylic acids is 1. The fraction of sp³-hybridized carbons (Fsp3) is 0.360. The van der Waals surface area contributed by atoms with Crippen LogP contribution in [0.2, 0.25) is 5.02 Å². The molecule has 32 heavy (non-hydrogen) atoms. The van der Waals surface area contributed by atoms with Gasteiger partial charge in [0.15, 0.2) is 0 Å². The topological polar surface area (TPSA) is 69.0 Å². The highest BCUT2D eigenvalue weighted by atomic mass is 35.5. The molecule has 1 aliphatic rings. The van der Waals surface area contributed by atoms with Gasteiger partial charge in [-0.1, -0.05) is 29.8 Å². The second kappa shape index (κ2) is 9.76. The lowest BCUT2D eigenvalue weighted by Crippen LogP contribution is -2.34. The molecular weight excluding hydrogens is 430 g/mol. The van der Waals surface area contributed by atoms with E-state index >= 15 is 0 Å². The number of ether oxygens (including phenoxy) is 2. The summed E-state index contributed by atoms with van der Waals surface area (Å²) in [7, 11) is 0. The fourth-order valence-electron chi connectivity index (χ4n) is 4.09. The van der Waals surface area contributed by atoms with Crippen LogP contribution >= 0.6 is 11.6 Å². The quantitative estimate of drug-likeness (QED) is 0.381. The predicted octanol–water partition coefficient (Wildman–Crippen LogP) is 4.65. The zero-order valence-electron chi connectivity index (χ0n) is 18.3. The maximum absolute atomic E-state index is 12.1. The van der Waals surface area contributed by atoms with E-state index in [2.05, 4.69) is 4.90 Å². The van der Waals surface area contributed by atoms with Crippen molar-refractivity contribution in [2.24, 2.45) is 0 Å². The first kappa shape index (κ1) is 22.4. The first-order valence-corrected chi connectivity index (χ1v) is 11.2. The summed E-state index contributed by atoms with van der Waals surface area (Å²) < 4.78 is 16.8. The zero-order valence-corrected chi connectivity index (χ0v) is 19.0. The molecule has 0 bridgehead atoms. The largest absolute Gasteiger partial charge is 0.477 e. The van der Waals surface area contributed by atoms with Gasteiger partial charge in [-0.3, -0.25) is 9.69 Å². The lowest BCUT2D eigenvalue weighted by molar-refractivity contribution is -0.143. The SMILES string of the molecule is CCOC(=O)CCc1cc2c(C)cc(=O)oc2c2c1OCN(CCc1ccccc1Cl)C2. The molecule has 0 atom stereocenters. The second-order valence-corrected chi connectivity index (χ2v) is 8.35. The van der Waals surface area contributed by atoms with Gasteiger partial charge in [0, 0.05) is 36.0 Å². The van der Waals surface area contributed by atoms with Gasteiger partial charge in [0.2, 0.25) is 0 Å². The standard InChI is InChI=1S/C25H26ClNO5/c1-3-30-22(28)9-8-18-13-19-16(2)12-23(29)32-25(19)20-14-27(15-31-24(18)20)11-10-17-6-4-5-7-21(17)26/h4-7,12-13H,3,8-11,14-15H2,1-2H3. The molecule has 0 spiro atoms. The number of fused-ring (bicyclic) bond motifs is 3. The van der Waals surface area contributed by atoms with E-state index in [0.717, 1.165) is 45.6 Å². The lowest BCUT2D eigenvalue weighted by Gasteiger charge is -2.31. The number of aryl methyl sites for hydroxylation is 2. The number of benzene rings is 2. The molecule has 3 aromatic rings. The van der Waals surface area contributed by atoms with Gasteiger partial charge in [0.05, 0.1) is 12.2 Å². The molecule has 7 heteroatoms. The number of rotatable bonds is 7. The Labute approximate surface area is 191 Å². The fourth-order valence-corrected chi connectivity index (χ4v) is 4.32. The van der Waals surface area contributed by atoms with Crippen LogP contribution in [0.1, 0.15) is 35.6 Å². The van der Waals surface area contributed by atoms with E-state index < -0.39 is 0 Å². The van der Waals surface area contributed by atoms with Crippen molar-refractivity contribution in [2.75, 3.05) is 19.9 Å². The van der Waals surface area contributed by atoms with Crippen LogP contribution < -0.4 is 10.4 Å². The third-order valence-electron chi connectivity index (χ3n) is 5.70. The average molecular weight is 456 g/mol. The minimum atomic E-state index is -0.385. The van der Waals surface area contributed by atoms with Crippen molar-refractivity contribution >= 4 is 28.5 Å². The molecular formula is C25H26ClNO5. The smallest absolute Gasteiger partial charge is 0.336 e. The van der Waals surface area contributed by atoms with Gasteiger partial charge in [0.25, 0.3) is 0 Å². The Morgan fingerprint density at radius 1 is 1.19 bits per heavy atom. The van der Waals surface area contributed by atoms with Crippen molar-refractivity contribution in [2.45, 2.75) is 39.7 Å². The number of nitrogens with zero attached hydrogens (tertiary/aromatic N) is 1. The molecule has 0 N–H and O–H groups in total. The van der Waals surface area contributed by atoms with Gasteiger partial charge in [0.1, 0.15) is 18.1 Å². The predicted molar refractivity (Wildman–Crippen MR) is 123 cm³/mol. The summed E-state index contributed by atoms with van der Waals surface area (Å²) in [5.74, 6) is 0.458. The molecule has 2 aromatic carbocycles. The molecule has 0 fully saturated rings. The summed E-state index contributed by atoms with van der Waals surface area (Å²) in [6.45, 7) is 5.77. The first-order valence-electron chi connectivity index (χ1n) is 10.8. The highest BCUT2D eigenvalue weighted by Crippen LogP contribution is 2.37. The van der Waals surface area contributed by atoms with E-state index in [1.54, 1.807) is 6.92 Å². The van der Waals surface area contributed by atoms with Crippen molar-refractivity contribution in [3.8, 4) is 5.75 Å². The van der Waals surface area contributed by atoms with Gasteiger partial charge in [-0.2, -0.15) is 0 Å². The molecule has 4 rings (SSSR count). The highest BCUT2D eigenvalue weighted by molar-refractivity contribution is 6.31. The van der Waals surface area contributed by atoms with Crippen LogP contribution in [-0.4, -0.2) is 30.8 Å². The monoisotopic (exact) mass is 455 g/mol. The van der Waals surface area contributed by atoms with Crippen molar-refractivity contribution < 1.29 is 18.7 Å². The minimum Gasteiger partial charge on any atom is -0.477 e. The molecule has 0 unspecified atom stereocenters. The summed E-state index contributed by atoms with van der Waals surface area (Å²) >= 11 is 6.30. The Hall–Kier alpha value is -2.83. The van der Waals surface area contributed by atoms with Crippen molar-refractivity contribution in [1.29, 1.82) is 0 Å². The van der Waals surface area contributed by atoms with E-state index in [4.69, 9.17) is 25.5 Å². The summed E-state index contributed by atoms with van der Waals surface area (Å²) in [5, 5.41) is 1.61. The Kier molecular flexibility index (Phi) is 6.82. The Bertz CT molecular complexity index is 1200. The molecule has 0 radical (unpaired) electrons. The first-order chi connectivity index (χ1) is 15.5. The van der Waals surface area contributed by atoms with Gasteiger partial charge >= 0.3 is 11.6 Å². The third kappa shape index (κ3) is 4.81. The number of hydrogen-bond acceptors (Lipinski definition) is 6. The summed E-state index contributed by atoms with van der Waals surface area (Å²) in [5.41, 5.74) is 3.84. The van der Waals surface area contributed by atoms with Crippen LogP contribution in [0.3, 0.4) is 0 Å². The molecule has 0 aliphatic carbocycles. The van der Waals surface area contributed by atoms with Crippen LogP contribution in [0.5, 0.6) is 5.75 Å². The summed E-state index contributed by atoms with van der Waals surface area (Å²) in [6, 6.07) is 11.3. The van der Waals surface area contributed by atoms with E-state index in [1.807, 2.05) is 37.3 Å². The van der Waals surface area contributed by atoms with Gasteiger partial charge in [-0.05, 0) is 55.5 Å². The van der Waals surface area contributed by atoms with Crippen LogP contribution in [-0.2, 0) is 28.9 Å². The number of esters is 1. The third-order valence-corrected chi connectivity index (χ3v) is 6.07. The number of halogens is 1. The molecule has 0 amide bonds. The lowest BCUT2D eigenvalue weighted by atomic mass is 9.97. The molecule has 1 aromatic heterocycles. The van der Waals surface area contributed by atoms with Crippen molar-refractivity contribution in [3.05, 3.63) is 74.1 Å². The molecule has 168 valence electrons. The second-order valence-electron chi connectivity index (χ2n) is 7.94. The minimum absolute atomic E-state index is 0.241. The van der Waals surface area contributed by atoms with E-state index in [-0.39, 0.29) is 18.0 Å². The van der Waals surface area contributed by atoms with Crippen LogP contribution in [0.15, 0.2) is 45.6 Å². The number of hydrogen-bond donors (Lipinski definition) is 0. The highest BCUT2D eigenvalue weighted by Gasteiger charge is 2.25. The Morgan fingerprint density at radius 3 is 2.78 bits per heavy atom. The zero-order chi connectivity index (χ0) is 22.7. The van der Waals surface area contributed by atoms with Crippen LogP contribution in [0.25, 0.3) is 11.0 Å². The normalized spacial score (nSPS) is 13.6. The molecule has 0 saturated heterocycles. The van der Waals surface area contributed by atoms with Gasteiger partial charge < -0.3 is 13.9 Å². The van der Waals surface area contributed by atoms with E-state index in [1.165, 1.54) is 6.07 Å². The number of carbonyl (C=O) groups is 1. The van der Waals surface area contributed by atoms with Gasteiger partial charge in [-0.15, -0.1) is 0 Å². The Balaban J connectivity index is 1.64. The van der Waals surface area contributed by atoms with Crippen molar-refractivity contribution in [3.63, 3.8) is 0 Å². The van der Waals surface area contributed by atoms with E-state index in [9.17, 15) is 9.59 Å². The van der Waals surface area contributed by atoms with Gasteiger partial charge in [-0.25, -0.2) is 4.79 Å². The molecule has 0 saturated carbocycles. The summed E-state index contributed by atoms with van der Waals surface area (Å²) in [4.78, 5) is 26.2. The van der Waals surface area contributed by atoms with Crippen LogP contribution in [0.4, 0.5) is 0 Å². The van der Waals surface area contributed by atoms with Crippen molar-refractivity contribution in [1.82, 2.24) is 4.90 Å². The Morgan fingerprint density at radius 2 is 2.00 bits per heavy atom. The van der Waals surface area contributed by atoms with Crippen LogP contribution in [0, 0.1) is 6.92 Å². The van der Waals surface area contributed by atoms with E-state index in [0.29, 0.717) is 37.6 Å². The summed E-state index contributed by atoms with van der Waals surface area (Å²) in [6.07, 6.45) is 1.54. The molecule has 1 aliphatic heterocycles. The maximum Gasteiger partial charge on any atom is 0.336 e. The molecule has 6 nitrogen and oxygen atoms in total. The molecule has 2 heterocycles. The maximum atomic E-state index is 12.1.